The lowest BCUT2D eigenvalue weighted by atomic mass is 10.2. The Balaban J connectivity index is 2.08. The van der Waals surface area contributed by atoms with Crippen LogP contribution in [-0.4, -0.2) is 7.05 Å². The molecule has 4 heteroatoms. The molecule has 100 valence electrons. The molecule has 0 aromatic heterocycles. The summed E-state index contributed by atoms with van der Waals surface area (Å²) in [5.74, 6) is 0.426. The van der Waals surface area contributed by atoms with Crippen LogP contribution in [-0.2, 0) is 13.2 Å². The number of ether oxygens (including phenoxy) is 1. The largest absolute Gasteiger partial charge is 0.489 e. The molecule has 0 amide bonds. The first-order chi connectivity index (χ1) is 9.19. The highest BCUT2D eigenvalue weighted by molar-refractivity contribution is 6.30. The Morgan fingerprint density at radius 1 is 1.16 bits per heavy atom. The molecule has 19 heavy (non-hydrogen) atoms. The molecule has 0 saturated carbocycles. The van der Waals surface area contributed by atoms with E-state index in [1.807, 2.05) is 31.3 Å². The van der Waals surface area contributed by atoms with Gasteiger partial charge < -0.3 is 10.1 Å². The van der Waals surface area contributed by atoms with E-state index in [0.717, 1.165) is 11.1 Å². The summed E-state index contributed by atoms with van der Waals surface area (Å²) in [5, 5.41) is 3.69. The van der Waals surface area contributed by atoms with E-state index >= 15 is 0 Å². The lowest BCUT2D eigenvalue weighted by Crippen LogP contribution is -2.08. The maximum atomic E-state index is 13.2. The van der Waals surface area contributed by atoms with Crippen molar-refractivity contribution in [2.75, 3.05) is 7.05 Å². The summed E-state index contributed by atoms with van der Waals surface area (Å²) in [6, 6.07) is 12.0. The molecular formula is C15H15ClFNO. The minimum absolute atomic E-state index is 0.260. The monoisotopic (exact) mass is 279 g/mol. The summed E-state index contributed by atoms with van der Waals surface area (Å²) in [7, 11) is 1.81. The molecule has 0 aliphatic carbocycles. The predicted octanol–water partition coefficient (Wildman–Crippen LogP) is 3.78. The van der Waals surface area contributed by atoms with E-state index in [1.165, 1.54) is 12.1 Å². The Morgan fingerprint density at radius 2 is 1.89 bits per heavy atom. The van der Waals surface area contributed by atoms with Crippen molar-refractivity contribution in [1.82, 2.24) is 5.32 Å². The van der Waals surface area contributed by atoms with Crippen LogP contribution in [0.25, 0.3) is 0 Å². The Labute approximate surface area is 117 Å². The Hall–Kier alpha value is -1.58. The van der Waals surface area contributed by atoms with Crippen molar-refractivity contribution in [3.63, 3.8) is 0 Å². The number of halogens is 2. The lowest BCUT2D eigenvalue weighted by molar-refractivity contribution is 0.302. The Kier molecular flexibility index (Phi) is 4.77. The topological polar surface area (TPSA) is 21.3 Å². The smallest absolute Gasteiger partial charge is 0.124 e. The maximum Gasteiger partial charge on any atom is 0.124 e. The molecule has 0 aliphatic rings. The summed E-state index contributed by atoms with van der Waals surface area (Å²) in [5.41, 5.74) is 1.82. The van der Waals surface area contributed by atoms with E-state index in [0.29, 0.717) is 23.9 Å². The van der Waals surface area contributed by atoms with Crippen molar-refractivity contribution in [3.8, 4) is 5.75 Å². The van der Waals surface area contributed by atoms with E-state index in [4.69, 9.17) is 16.3 Å². The molecule has 0 atom stereocenters. The Morgan fingerprint density at radius 3 is 2.58 bits per heavy atom. The first kappa shape index (κ1) is 13.8. The standard InChI is InChI=1S/C15H15ClFNO/c1-18-9-12-8-14(17)6-7-15(12)19-10-11-2-4-13(16)5-3-11/h2-8,18H,9-10H2,1H3. The number of hydrogen-bond acceptors (Lipinski definition) is 2. The lowest BCUT2D eigenvalue weighted by Gasteiger charge is -2.11. The van der Waals surface area contributed by atoms with Gasteiger partial charge in [0.25, 0.3) is 0 Å². The van der Waals surface area contributed by atoms with Crippen LogP contribution in [0.3, 0.4) is 0 Å². The quantitative estimate of drug-likeness (QED) is 0.899. The maximum absolute atomic E-state index is 13.2. The highest BCUT2D eigenvalue weighted by atomic mass is 35.5. The number of rotatable bonds is 5. The van der Waals surface area contributed by atoms with Gasteiger partial charge in [-0.15, -0.1) is 0 Å². The molecule has 2 nitrogen and oxygen atoms in total. The van der Waals surface area contributed by atoms with Crippen LogP contribution < -0.4 is 10.1 Å². The van der Waals surface area contributed by atoms with Crippen molar-refractivity contribution in [1.29, 1.82) is 0 Å². The summed E-state index contributed by atoms with van der Waals surface area (Å²) < 4.78 is 18.9. The zero-order valence-corrected chi connectivity index (χ0v) is 11.4. The van der Waals surface area contributed by atoms with E-state index < -0.39 is 0 Å². The summed E-state index contributed by atoms with van der Waals surface area (Å²) in [6.45, 7) is 0.993. The molecule has 0 unspecified atom stereocenters. The van der Waals surface area contributed by atoms with Gasteiger partial charge in [0.2, 0.25) is 0 Å². The molecule has 1 N–H and O–H groups in total. The molecule has 2 aromatic carbocycles. The number of benzene rings is 2. The van der Waals surface area contributed by atoms with Gasteiger partial charge in [-0.05, 0) is 42.9 Å². The molecule has 2 aromatic rings. The molecule has 0 saturated heterocycles. The molecule has 0 fully saturated rings. The Bertz CT molecular complexity index is 542. The van der Waals surface area contributed by atoms with Crippen molar-refractivity contribution < 1.29 is 9.13 Å². The minimum atomic E-state index is -0.260. The van der Waals surface area contributed by atoms with Crippen LogP contribution in [0.1, 0.15) is 11.1 Å². The van der Waals surface area contributed by atoms with Crippen molar-refractivity contribution in [3.05, 3.63) is 64.4 Å². The van der Waals surface area contributed by atoms with Gasteiger partial charge in [-0.2, -0.15) is 0 Å². The summed E-state index contributed by atoms with van der Waals surface area (Å²) >= 11 is 5.82. The minimum Gasteiger partial charge on any atom is -0.489 e. The van der Waals surface area contributed by atoms with Crippen LogP contribution in [0.2, 0.25) is 5.02 Å². The highest BCUT2D eigenvalue weighted by Gasteiger charge is 2.05. The van der Waals surface area contributed by atoms with Gasteiger partial charge >= 0.3 is 0 Å². The third kappa shape index (κ3) is 3.94. The average molecular weight is 280 g/mol. The molecule has 0 spiro atoms. The zero-order valence-electron chi connectivity index (χ0n) is 10.6. The first-order valence-corrected chi connectivity index (χ1v) is 6.37. The van der Waals surface area contributed by atoms with E-state index in [-0.39, 0.29) is 5.82 Å². The molecule has 0 aliphatic heterocycles. The SMILES string of the molecule is CNCc1cc(F)ccc1OCc1ccc(Cl)cc1. The van der Waals surface area contributed by atoms with Gasteiger partial charge in [0.05, 0.1) is 0 Å². The second-order valence-corrected chi connectivity index (χ2v) is 4.63. The van der Waals surface area contributed by atoms with Crippen molar-refractivity contribution >= 4 is 11.6 Å². The van der Waals surface area contributed by atoms with Gasteiger partial charge in [-0.1, -0.05) is 23.7 Å². The predicted molar refractivity (Wildman–Crippen MR) is 74.9 cm³/mol. The van der Waals surface area contributed by atoms with Crippen LogP contribution in [0.15, 0.2) is 42.5 Å². The second kappa shape index (κ2) is 6.55. The van der Waals surface area contributed by atoms with E-state index in [2.05, 4.69) is 5.32 Å². The van der Waals surface area contributed by atoms with Gasteiger partial charge in [0.1, 0.15) is 18.2 Å². The fraction of sp³-hybridized carbons (Fsp3) is 0.200. The van der Waals surface area contributed by atoms with Gasteiger partial charge in [0, 0.05) is 17.1 Å². The second-order valence-electron chi connectivity index (χ2n) is 4.20. The molecular weight excluding hydrogens is 265 g/mol. The summed E-state index contributed by atoms with van der Waals surface area (Å²) in [6.07, 6.45) is 0. The molecule has 2 rings (SSSR count). The zero-order chi connectivity index (χ0) is 13.7. The number of nitrogens with one attached hydrogen (secondary N) is 1. The van der Waals surface area contributed by atoms with E-state index in [9.17, 15) is 4.39 Å². The number of hydrogen-bond donors (Lipinski definition) is 1. The average Bonchev–Trinajstić information content (AvgIpc) is 2.40. The molecule has 0 bridgehead atoms. The van der Waals surface area contributed by atoms with Crippen LogP contribution >= 0.6 is 11.6 Å². The normalized spacial score (nSPS) is 10.5. The molecule has 0 radical (unpaired) electrons. The third-order valence-corrected chi connectivity index (χ3v) is 2.95. The van der Waals surface area contributed by atoms with E-state index in [1.54, 1.807) is 6.07 Å². The fourth-order valence-corrected chi connectivity index (χ4v) is 1.89. The van der Waals surface area contributed by atoms with Gasteiger partial charge in [-0.25, -0.2) is 4.39 Å². The molecule has 0 heterocycles. The van der Waals surface area contributed by atoms with Crippen LogP contribution in [0.5, 0.6) is 5.75 Å². The third-order valence-electron chi connectivity index (χ3n) is 2.70. The fourth-order valence-electron chi connectivity index (χ4n) is 1.76. The van der Waals surface area contributed by atoms with Crippen molar-refractivity contribution in [2.24, 2.45) is 0 Å². The highest BCUT2D eigenvalue weighted by Crippen LogP contribution is 2.21. The van der Waals surface area contributed by atoms with Crippen molar-refractivity contribution in [2.45, 2.75) is 13.2 Å². The summed E-state index contributed by atoms with van der Waals surface area (Å²) in [4.78, 5) is 0. The van der Waals surface area contributed by atoms with Gasteiger partial charge in [0.15, 0.2) is 0 Å². The van der Waals surface area contributed by atoms with Gasteiger partial charge in [-0.3, -0.25) is 0 Å². The van der Waals surface area contributed by atoms with Crippen LogP contribution in [0, 0.1) is 5.82 Å². The first-order valence-electron chi connectivity index (χ1n) is 5.99. The van der Waals surface area contributed by atoms with Crippen LogP contribution in [0.4, 0.5) is 4.39 Å².